The normalized spacial score (nSPS) is 16.8. The molecule has 6 nitrogen and oxygen atoms in total. The zero-order chi connectivity index (χ0) is 19.0. The van der Waals surface area contributed by atoms with Crippen molar-refractivity contribution in [3.8, 4) is 17.2 Å². The Hall–Kier alpha value is -2.93. The molecule has 0 radical (unpaired) electrons. The zero-order valence-electron chi connectivity index (χ0n) is 14.4. The topological polar surface area (TPSA) is 68.5 Å². The second-order valence-corrected chi connectivity index (χ2v) is 6.60. The Balaban J connectivity index is 1.53. The van der Waals surface area contributed by atoms with Crippen molar-refractivity contribution in [1.82, 2.24) is 10.1 Å². The first-order valence-electron chi connectivity index (χ1n) is 8.28. The van der Waals surface area contributed by atoms with Crippen molar-refractivity contribution >= 4 is 23.2 Å². The number of amides is 1. The van der Waals surface area contributed by atoms with E-state index in [1.807, 2.05) is 12.1 Å². The first kappa shape index (κ1) is 17.5. The molecule has 4 rings (SSSR count). The summed E-state index contributed by atoms with van der Waals surface area (Å²) in [6.45, 7) is 0.453. The van der Waals surface area contributed by atoms with Crippen molar-refractivity contribution in [1.29, 1.82) is 0 Å². The fourth-order valence-corrected chi connectivity index (χ4v) is 3.22. The van der Waals surface area contributed by atoms with Crippen LogP contribution in [-0.2, 0) is 4.79 Å². The SMILES string of the molecule is COc1ccc(N2CC(c3noc(-c4ccc(F)c(Cl)c4)n3)CC2=O)cc1. The molecule has 27 heavy (non-hydrogen) atoms. The van der Waals surface area contributed by atoms with E-state index >= 15 is 0 Å². The Morgan fingerprint density at radius 3 is 2.74 bits per heavy atom. The maximum absolute atomic E-state index is 13.3. The standard InChI is InChI=1S/C19H15ClFN3O3/c1-26-14-5-3-13(4-6-14)24-10-12(9-17(24)25)18-22-19(27-23-18)11-2-7-16(21)15(20)8-11/h2-8,12H,9-10H2,1H3. The second kappa shape index (κ2) is 7.00. The molecule has 1 aliphatic rings. The molecule has 1 aliphatic heterocycles. The number of hydrogen-bond acceptors (Lipinski definition) is 5. The smallest absolute Gasteiger partial charge is 0.257 e. The lowest BCUT2D eigenvalue weighted by molar-refractivity contribution is -0.117. The van der Waals surface area contributed by atoms with E-state index in [0.717, 1.165) is 11.4 Å². The zero-order valence-corrected chi connectivity index (χ0v) is 15.1. The quantitative estimate of drug-likeness (QED) is 0.675. The van der Waals surface area contributed by atoms with Gasteiger partial charge in [-0.3, -0.25) is 4.79 Å². The second-order valence-electron chi connectivity index (χ2n) is 6.19. The maximum atomic E-state index is 13.3. The van der Waals surface area contributed by atoms with Crippen LogP contribution in [0.1, 0.15) is 18.2 Å². The van der Waals surface area contributed by atoms with Crippen molar-refractivity contribution in [3.63, 3.8) is 0 Å². The third-order valence-electron chi connectivity index (χ3n) is 4.48. The minimum Gasteiger partial charge on any atom is -0.497 e. The van der Waals surface area contributed by atoms with E-state index < -0.39 is 5.82 Å². The molecule has 1 unspecified atom stereocenters. The monoisotopic (exact) mass is 387 g/mol. The number of ether oxygens (including phenoxy) is 1. The summed E-state index contributed by atoms with van der Waals surface area (Å²) in [6.07, 6.45) is 0.287. The van der Waals surface area contributed by atoms with E-state index in [1.54, 1.807) is 24.1 Å². The van der Waals surface area contributed by atoms with Gasteiger partial charge in [0.15, 0.2) is 5.82 Å². The summed E-state index contributed by atoms with van der Waals surface area (Å²) in [5.41, 5.74) is 1.31. The highest BCUT2D eigenvalue weighted by molar-refractivity contribution is 6.31. The lowest BCUT2D eigenvalue weighted by Crippen LogP contribution is -2.24. The minimum absolute atomic E-state index is 0.0126. The molecule has 1 fully saturated rings. The third kappa shape index (κ3) is 3.38. The molecule has 8 heteroatoms. The number of anilines is 1. The van der Waals surface area contributed by atoms with Crippen molar-refractivity contribution in [3.05, 3.63) is 59.1 Å². The highest BCUT2D eigenvalue weighted by Gasteiger charge is 2.34. The summed E-state index contributed by atoms with van der Waals surface area (Å²) in [7, 11) is 1.59. The Labute approximate surface area is 159 Å². The van der Waals surface area contributed by atoms with Crippen molar-refractivity contribution in [2.45, 2.75) is 12.3 Å². The number of aromatic nitrogens is 2. The molecule has 0 spiro atoms. The van der Waals surface area contributed by atoms with Gasteiger partial charge >= 0.3 is 0 Å². The van der Waals surface area contributed by atoms with E-state index in [1.165, 1.54) is 18.2 Å². The molecule has 0 bridgehead atoms. The highest BCUT2D eigenvalue weighted by Crippen LogP contribution is 2.32. The molecule has 2 heterocycles. The van der Waals surface area contributed by atoms with Crippen LogP contribution >= 0.6 is 11.6 Å². The summed E-state index contributed by atoms with van der Waals surface area (Å²) in [5.74, 6) is 0.686. The number of carbonyl (C=O) groups excluding carboxylic acids is 1. The van der Waals surface area contributed by atoms with Crippen LogP contribution in [0.15, 0.2) is 47.0 Å². The molecule has 1 amide bonds. The van der Waals surface area contributed by atoms with Crippen LogP contribution < -0.4 is 9.64 Å². The van der Waals surface area contributed by atoms with Crippen LogP contribution in [0.5, 0.6) is 5.75 Å². The van der Waals surface area contributed by atoms with Gasteiger partial charge in [0.2, 0.25) is 5.91 Å². The van der Waals surface area contributed by atoms with Gasteiger partial charge in [-0.25, -0.2) is 4.39 Å². The van der Waals surface area contributed by atoms with Crippen LogP contribution in [0.4, 0.5) is 10.1 Å². The van der Waals surface area contributed by atoms with Gasteiger partial charge in [-0.05, 0) is 42.5 Å². The molecule has 1 aromatic heterocycles. The third-order valence-corrected chi connectivity index (χ3v) is 4.77. The average molecular weight is 388 g/mol. The van der Waals surface area contributed by atoms with Gasteiger partial charge in [0.05, 0.1) is 12.1 Å². The molecule has 3 aromatic rings. The number of rotatable bonds is 4. The number of nitrogens with zero attached hydrogens (tertiary/aromatic N) is 3. The summed E-state index contributed by atoms with van der Waals surface area (Å²) >= 11 is 5.80. The summed E-state index contributed by atoms with van der Waals surface area (Å²) in [6, 6.07) is 11.5. The molecule has 0 N–H and O–H groups in total. The molecule has 0 aliphatic carbocycles. The van der Waals surface area contributed by atoms with Crippen LogP contribution in [0, 0.1) is 5.82 Å². The largest absolute Gasteiger partial charge is 0.497 e. The van der Waals surface area contributed by atoms with Gasteiger partial charge in [0, 0.05) is 30.1 Å². The average Bonchev–Trinajstić information content (AvgIpc) is 3.31. The predicted molar refractivity (Wildman–Crippen MR) is 97.4 cm³/mol. The summed E-state index contributed by atoms with van der Waals surface area (Å²) < 4.78 is 23.7. The molecule has 138 valence electrons. The maximum Gasteiger partial charge on any atom is 0.257 e. The fourth-order valence-electron chi connectivity index (χ4n) is 3.04. The van der Waals surface area contributed by atoms with Gasteiger partial charge in [-0.1, -0.05) is 16.8 Å². The number of benzene rings is 2. The Morgan fingerprint density at radius 2 is 2.04 bits per heavy atom. The van der Waals surface area contributed by atoms with E-state index in [2.05, 4.69) is 10.1 Å². The predicted octanol–water partition coefficient (Wildman–Crippen LogP) is 4.06. The van der Waals surface area contributed by atoms with Crippen LogP contribution in [0.2, 0.25) is 5.02 Å². The molecule has 2 aromatic carbocycles. The first-order valence-corrected chi connectivity index (χ1v) is 8.66. The number of methoxy groups -OCH3 is 1. The Morgan fingerprint density at radius 1 is 1.26 bits per heavy atom. The first-order chi connectivity index (χ1) is 13.0. The lowest BCUT2D eigenvalue weighted by atomic mass is 10.1. The Kier molecular flexibility index (Phi) is 4.53. The highest BCUT2D eigenvalue weighted by atomic mass is 35.5. The van der Waals surface area contributed by atoms with E-state index in [-0.39, 0.29) is 29.2 Å². The summed E-state index contributed by atoms with van der Waals surface area (Å²) in [5, 5.41) is 3.98. The van der Waals surface area contributed by atoms with Crippen molar-refractivity contribution in [2.75, 3.05) is 18.6 Å². The van der Waals surface area contributed by atoms with E-state index in [9.17, 15) is 9.18 Å². The number of hydrogen-bond donors (Lipinski definition) is 0. The molecular formula is C19H15ClFN3O3. The summed E-state index contributed by atoms with van der Waals surface area (Å²) in [4.78, 5) is 18.5. The van der Waals surface area contributed by atoms with Crippen molar-refractivity contribution < 1.29 is 18.4 Å². The van der Waals surface area contributed by atoms with Gasteiger partial charge < -0.3 is 14.2 Å². The number of carbonyl (C=O) groups is 1. The van der Waals surface area contributed by atoms with Crippen molar-refractivity contribution in [2.24, 2.45) is 0 Å². The van der Waals surface area contributed by atoms with Crippen LogP contribution in [0.25, 0.3) is 11.5 Å². The van der Waals surface area contributed by atoms with Gasteiger partial charge in [-0.15, -0.1) is 0 Å². The van der Waals surface area contributed by atoms with Crippen LogP contribution in [-0.4, -0.2) is 29.7 Å². The van der Waals surface area contributed by atoms with Gasteiger partial charge in [0.25, 0.3) is 5.89 Å². The van der Waals surface area contributed by atoms with Crippen LogP contribution in [0.3, 0.4) is 0 Å². The van der Waals surface area contributed by atoms with E-state index in [0.29, 0.717) is 17.9 Å². The molecule has 1 atom stereocenters. The minimum atomic E-state index is -0.517. The number of halogens is 2. The molecule has 0 saturated carbocycles. The fraction of sp³-hybridized carbons (Fsp3) is 0.211. The van der Waals surface area contributed by atoms with Gasteiger partial charge in [-0.2, -0.15) is 4.98 Å². The molecule has 1 saturated heterocycles. The lowest BCUT2D eigenvalue weighted by Gasteiger charge is -2.16. The van der Waals surface area contributed by atoms with E-state index in [4.69, 9.17) is 20.9 Å². The molecular weight excluding hydrogens is 373 g/mol. The Bertz CT molecular complexity index is 990. The van der Waals surface area contributed by atoms with Gasteiger partial charge in [0.1, 0.15) is 11.6 Å².